The molecule has 3 N–H and O–H groups in total. The maximum Gasteiger partial charge on any atom is 0.111 e. The lowest BCUT2D eigenvalue weighted by atomic mass is 9.83. The van der Waals surface area contributed by atoms with Crippen molar-refractivity contribution >= 4 is 0 Å². The molecule has 1 aliphatic heterocycles. The number of hydrogen-bond acceptors (Lipinski definition) is 3. The topological polar surface area (TPSA) is 58.8 Å². The number of aliphatic hydroxyl groups is 1. The van der Waals surface area contributed by atoms with Crippen molar-refractivity contribution in [2.45, 2.75) is 76.2 Å². The second-order valence-corrected chi connectivity index (χ2v) is 5.44. The number of ether oxygens (including phenoxy) is 1. The maximum atomic E-state index is 10.0. The fraction of sp³-hybridized carbons (Fsp3) is 1.00. The van der Waals surface area contributed by atoms with Crippen molar-refractivity contribution in [3.63, 3.8) is 0 Å². The Morgan fingerprint density at radius 1 is 1.31 bits per heavy atom. The van der Waals surface area contributed by atoms with E-state index >= 15 is 0 Å². The van der Waals surface area contributed by atoms with E-state index in [1.165, 1.54) is 32.1 Å². The summed E-state index contributed by atoms with van der Waals surface area (Å²) in [5.74, 6) is 0.734. The van der Waals surface area contributed by atoms with Gasteiger partial charge in [0.25, 0.3) is 0 Å². The number of aliphatic hydroxyl groups excluding tert-OH is 1. The van der Waals surface area contributed by atoms with Gasteiger partial charge in [-0.1, -0.05) is 39.0 Å². The van der Waals surface area contributed by atoms with Crippen LogP contribution in [0.1, 0.15) is 51.9 Å². The molecule has 0 aromatic heterocycles. The predicted octanol–water partition coefficient (Wildman–Crippen LogP) is 1.82. The minimum atomic E-state index is -0.452. The van der Waals surface area contributed by atoms with Crippen molar-refractivity contribution in [3.8, 4) is 0 Å². The molecule has 3 nitrogen and oxygen atoms in total. The van der Waals surface area contributed by atoms with Crippen LogP contribution in [0, 0.1) is 5.92 Å². The minimum absolute atomic E-state index is 0.0172. The highest BCUT2D eigenvalue weighted by molar-refractivity contribution is 4.95. The molecule has 2 aliphatic rings. The Bertz CT molecular complexity index is 216. The van der Waals surface area contributed by atoms with E-state index in [9.17, 15) is 5.11 Å². The van der Waals surface area contributed by atoms with Gasteiger partial charge < -0.3 is 15.6 Å². The van der Waals surface area contributed by atoms with Crippen LogP contribution in [0.5, 0.6) is 0 Å². The zero-order valence-corrected chi connectivity index (χ0v) is 10.3. The zero-order chi connectivity index (χ0) is 11.5. The number of rotatable bonds is 5. The summed E-state index contributed by atoms with van der Waals surface area (Å²) >= 11 is 0. The second kappa shape index (κ2) is 5.48. The van der Waals surface area contributed by atoms with Crippen molar-refractivity contribution in [2.75, 3.05) is 0 Å². The van der Waals surface area contributed by atoms with Gasteiger partial charge in [-0.3, -0.25) is 0 Å². The average Bonchev–Trinajstić information content (AvgIpc) is 3.08. The highest BCUT2D eigenvalue weighted by Gasteiger charge is 2.45. The molecule has 1 saturated heterocycles. The number of nitrogens with two attached hydrogens (primary N) is 1. The Labute approximate surface area is 98.4 Å². The van der Waals surface area contributed by atoms with E-state index in [1.54, 1.807) is 0 Å². The Balaban J connectivity index is 1.72. The van der Waals surface area contributed by atoms with Crippen LogP contribution in [0.15, 0.2) is 0 Å². The quantitative estimate of drug-likeness (QED) is 0.704. The lowest BCUT2D eigenvalue weighted by Gasteiger charge is -2.26. The number of hydrogen-bond donors (Lipinski definition) is 2. The van der Waals surface area contributed by atoms with E-state index in [1.807, 2.05) is 0 Å². The largest absolute Gasteiger partial charge is 0.389 e. The van der Waals surface area contributed by atoms with Crippen LogP contribution in [0.4, 0.5) is 0 Å². The van der Waals surface area contributed by atoms with E-state index in [4.69, 9.17) is 10.5 Å². The van der Waals surface area contributed by atoms with Crippen molar-refractivity contribution < 1.29 is 9.84 Å². The van der Waals surface area contributed by atoms with Gasteiger partial charge in [-0.15, -0.1) is 0 Å². The van der Waals surface area contributed by atoms with Gasteiger partial charge in [0.15, 0.2) is 0 Å². The van der Waals surface area contributed by atoms with E-state index in [2.05, 4.69) is 6.92 Å². The first-order valence-electron chi connectivity index (χ1n) is 6.81. The van der Waals surface area contributed by atoms with Crippen LogP contribution in [-0.4, -0.2) is 29.5 Å². The van der Waals surface area contributed by atoms with E-state index in [0.29, 0.717) is 0 Å². The summed E-state index contributed by atoms with van der Waals surface area (Å²) in [4.78, 5) is 0. The summed E-state index contributed by atoms with van der Waals surface area (Å²) in [5, 5.41) is 10.0. The molecule has 1 heterocycles. The molecule has 0 bridgehead atoms. The van der Waals surface area contributed by atoms with E-state index in [-0.39, 0.29) is 18.2 Å². The van der Waals surface area contributed by atoms with Gasteiger partial charge in [0.1, 0.15) is 6.10 Å². The summed E-state index contributed by atoms with van der Waals surface area (Å²) in [6.07, 6.45) is 8.41. The molecular formula is C13H25NO2. The van der Waals surface area contributed by atoms with Gasteiger partial charge in [-0.05, 0) is 18.8 Å². The Hall–Kier alpha value is -0.120. The minimum Gasteiger partial charge on any atom is -0.389 e. The third-order valence-corrected chi connectivity index (χ3v) is 4.13. The van der Waals surface area contributed by atoms with E-state index < -0.39 is 6.10 Å². The van der Waals surface area contributed by atoms with Gasteiger partial charge in [0.05, 0.1) is 12.2 Å². The molecule has 1 aliphatic carbocycles. The van der Waals surface area contributed by atoms with Crippen LogP contribution in [0.3, 0.4) is 0 Å². The molecule has 3 heteroatoms. The lowest BCUT2D eigenvalue weighted by Crippen LogP contribution is -2.40. The fourth-order valence-corrected chi connectivity index (χ4v) is 2.98. The van der Waals surface area contributed by atoms with Crippen LogP contribution >= 0.6 is 0 Å². The normalized spacial score (nSPS) is 34.7. The van der Waals surface area contributed by atoms with Gasteiger partial charge in [0, 0.05) is 6.04 Å². The number of epoxide rings is 1. The zero-order valence-electron chi connectivity index (χ0n) is 10.3. The molecule has 94 valence electrons. The first-order chi connectivity index (χ1) is 7.72. The van der Waals surface area contributed by atoms with Gasteiger partial charge in [-0.25, -0.2) is 0 Å². The Kier molecular flexibility index (Phi) is 4.22. The second-order valence-electron chi connectivity index (χ2n) is 5.44. The highest BCUT2D eigenvalue weighted by Crippen LogP contribution is 2.32. The monoisotopic (exact) mass is 227 g/mol. The summed E-state index contributed by atoms with van der Waals surface area (Å²) in [7, 11) is 0. The van der Waals surface area contributed by atoms with Gasteiger partial charge >= 0.3 is 0 Å². The molecule has 0 aromatic carbocycles. The molecule has 2 rings (SSSR count). The predicted molar refractivity (Wildman–Crippen MR) is 64.1 cm³/mol. The molecule has 16 heavy (non-hydrogen) atoms. The fourth-order valence-electron chi connectivity index (χ4n) is 2.98. The third-order valence-electron chi connectivity index (χ3n) is 4.13. The molecule has 0 aromatic rings. The first-order valence-corrected chi connectivity index (χ1v) is 6.81. The maximum absolute atomic E-state index is 10.0. The molecule has 1 saturated carbocycles. The molecule has 2 fully saturated rings. The van der Waals surface area contributed by atoms with Gasteiger partial charge in [0.2, 0.25) is 0 Å². The molecular weight excluding hydrogens is 202 g/mol. The van der Waals surface area contributed by atoms with Crippen LogP contribution in [0.25, 0.3) is 0 Å². The molecule has 0 spiro atoms. The summed E-state index contributed by atoms with van der Waals surface area (Å²) in [6, 6.07) is -0.0929. The smallest absolute Gasteiger partial charge is 0.111 e. The summed E-state index contributed by atoms with van der Waals surface area (Å²) in [5.41, 5.74) is 6.08. The molecule has 0 amide bonds. The van der Waals surface area contributed by atoms with Crippen LogP contribution in [-0.2, 0) is 4.74 Å². The summed E-state index contributed by atoms with van der Waals surface area (Å²) < 4.78 is 5.41. The first kappa shape index (κ1) is 12.3. The molecule has 0 unspecified atom stereocenters. The van der Waals surface area contributed by atoms with Crippen molar-refractivity contribution in [2.24, 2.45) is 11.7 Å². The van der Waals surface area contributed by atoms with Crippen LogP contribution < -0.4 is 5.73 Å². The Morgan fingerprint density at radius 2 is 2.00 bits per heavy atom. The summed E-state index contributed by atoms with van der Waals surface area (Å²) in [6.45, 7) is 2.09. The highest BCUT2D eigenvalue weighted by atomic mass is 16.6. The standard InChI is InChI=1S/C13H25NO2/c1-2-11-13(16-11)12(15)10(14)8-9-6-4-3-5-7-9/h9-13,15H,2-8,14H2,1H3/t10-,11+,12-,13+/m0/s1. The van der Waals surface area contributed by atoms with Crippen LogP contribution in [0.2, 0.25) is 0 Å². The van der Waals surface area contributed by atoms with Crippen molar-refractivity contribution in [1.29, 1.82) is 0 Å². The van der Waals surface area contributed by atoms with Gasteiger partial charge in [-0.2, -0.15) is 0 Å². The van der Waals surface area contributed by atoms with E-state index in [0.717, 1.165) is 18.8 Å². The Morgan fingerprint density at radius 3 is 2.56 bits per heavy atom. The molecule has 0 radical (unpaired) electrons. The van der Waals surface area contributed by atoms with Crippen molar-refractivity contribution in [1.82, 2.24) is 0 Å². The van der Waals surface area contributed by atoms with Crippen molar-refractivity contribution in [3.05, 3.63) is 0 Å². The average molecular weight is 227 g/mol. The SMILES string of the molecule is CC[C@H]1O[C@H]1[C@@H](O)[C@@H](N)CC1CCCCC1. The lowest BCUT2D eigenvalue weighted by molar-refractivity contribution is 0.0958. The molecule has 4 atom stereocenters. The third kappa shape index (κ3) is 2.96.